The third-order valence-corrected chi connectivity index (χ3v) is 14.0. The number of piperidine rings is 1. The van der Waals surface area contributed by atoms with Crippen LogP contribution in [0.15, 0.2) is 119 Å². The Morgan fingerprint density at radius 2 is 1.23 bits per heavy atom. The Hall–Kier alpha value is -6.30. The van der Waals surface area contributed by atoms with Gasteiger partial charge in [-0.3, -0.25) is 0 Å². The van der Waals surface area contributed by atoms with Crippen LogP contribution in [0.25, 0.3) is 22.5 Å². The van der Waals surface area contributed by atoms with Crippen molar-refractivity contribution in [1.82, 2.24) is 29.4 Å². The minimum Gasteiger partial charge on any atom is -0.497 e. The summed E-state index contributed by atoms with van der Waals surface area (Å²) < 4.78 is 77.9. The Morgan fingerprint density at radius 3 is 1.70 bits per heavy atom. The Balaban J connectivity index is 1.42. The average molecular weight is 867 g/mol. The summed E-state index contributed by atoms with van der Waals surface area (Å²) in [5.41, 5.74) is 4.03. The van der Waals surface area contributed by atoms with Gasteiger partial charge in [0, 0.05) is 32.4 Å². The summed E-state index contributed by atoms with van der Waals surface area (Å²) in [6.07, 6.45) is 1.35. The lowest BCUT2D eigenvalue weighted by molar-refractivity contribution is 0.132. The summed E-state index contributed by atoms with van der Waals surface area (Å²) in [4.78, 5) is 12.1. The molecule has 17 heteroatoms. The van der Waals surface area contributed by atoms with Crippen molar-refractivity contribution < 1.29 is 40.9 Å². The smallest absolute Gasteiger partial charge is 0.407 e. The number of amides is 1. The summed E-state index contributed by atoms with van der Waals surface area (Å²) in [5.74, 6) is 1.97. The molecule has 7 rings (SSSR count). The molecule has 2 heterocycles. The second-order valence-corrected chi connectivity index (χ2v) is 18.6. The van der Waals surface area contributed by atoms with Crippen LogP contribution >= 0.6 is 0 Å². The maximum absolute atomic E-state index is 15.7. The predicted octanol–water partition coefficient (Wildman–Crippen LogP) is 6.73. The van der Waals surface area contributed by atoms with E-state index in [9.17, 15) is 18.3 Å². The molecule has 15 nitrogen and oxygen atoms in total. The first kappa shape index (κ1) is 42.8. The Labute approximate surface area is 355 Å². The molecular weight excluding hydrogens is 821 g/mol. The van der Waals surface area contributed by atoms with Gasteiger partial charge in [-0.15, -0.1) is 5.10 Å². The minimum absolute atomic E-state index is 0.0124. The van der Waals surface area contributed by atoms with Gasteiger partial charge < -0.3 is 24.2 Å². The average Bonchev–Trinajstić information content (AvgIpc) is 3.73. The molecule has 1 aromatic heterocycles. The van der Waals surface area contributed by atoms with Crippen molar-refractivity contribution in [2.75, 3.05) is 40.7 Å². The van der Waals surface area contributed by atoms with E-state index in [1.54, 1.807) is 73.8 Å². The first-order valence-electron chi connectivity index (χ1n) is 19.4. The van der Waals surface area contributed by atoms with Gasteiger partial charge >= 0.3 is 6.09 Å². The van der Waals surface area contributed by atoms with Gasteiger partial charge in [0.15, 0.2) is 15.7 Å². The molecule has 0 unspecified atom stereocenters. The molecule has 0 bridgehead atoms. The van der Waals surface area contributed by atoms with E-state index in [0.29, 0.717) is 65.4 Å². The highest BCUT2D eigenvalue weighted by molar-refractivity contribution is 7.93. The number of ether oxygens (including phenoxy) is 3. The van der Waals surface area contributed by atoms with Gasteiger partial charge in [-0.1, -0.05) is 66.7 Å². The zero-order valence-corrected chi connectivity index (χ0v) is 35.8. The first-order valence-corrected chi connectivity index (χ1v) is 22.7. The van der Waals surface area contributed by atoms with Crippen LogP contribution in [0.1, 0.15) is 41.0 Å². The Bertz CT molecular complexity index is 2650. The van der Waals surface area contributed by atoms with Crippen LogP contribution in [-0.2, 0) is 39.5 Å². The largest absolute Gasteiger partial charge is 0.497 e. The van der Waals surface area contributed by atoms with Gasteiger partial charge in [-0.2, -0.15) is 4.31 Å². The van der Waals surface area contributed by atoms with Crippen molar-refractivity contribution >= 4 is 26.0 Å². The standard InChI is InChI=1S/C44H46N6O9S2/c1-57-36-15-5-30(6-16-36)27-49(28-31-7-17-37(58-2)18-8-31)61(55,56)42-40(60(4,53)54)22-21-39(35-13-11-33(12-14-35)34-23-25-48(26-24-34)44(51)52)41(42)43-45-46-47-50(43)29-32-9-19-38(59-3)20-10-32/h5-22,34H,23-29H2,1-4H3,(H,51,52). The van der Waals surface area contributed by atoms with Crippen LogP contribution < -0.4 is 14.2 Å². The van der Waals surface area contributed by atoms with E-state index in [1.807, 2.05) is 36.4 Å². The van der Waals surface area contributed by atoms with Crippen molar-refractivity contribution in [3.05, 3.63) is 131 Å². The topological polar surface area (TPSA) is 183 Å². The van der Waals surface area contributed by atoms with Gasteiger partial charge in [-0.25, -0.2) is 26.3 Å². The molecular formula is C44H46N6O9S2. The molecule has 0 saturated carbocycles. The zero-order chi connectivity index (χ0) is 43.3. The normalized spacial score (nSPS) is 13.6. The second-order valence-electron chi connectivity index (χ2n) is 14.7. The van der Waals surface area contributed by atoms with Gasteiger partial charge in [0.1, 0.15) is 22.1 Å². The van der Waals surface area contributed by atoms with Crippen LogP contribution in [0.2, 0.25) is 0 Å². The fourth-order valence-electron chi connectivity index (χ4n) is 7.53. The number of methoxy groups -OCH3 is 3. The molecule has 6 aromatic rings. The van der Waals surface area contributed by atoms with E-state index < -0.39 is 35.7 Å². The number of carbonyl (C=O) groups is 1. The van der Waals surface area contributed by atoms with Crippen LogP contribution in [0, 0.1) is 0 Å². The highest BCUT2D eigenvalue weighted by Crippen LogP contribution is 2.42. The van der Waals surface area contributed by atoms with Crippen LogP contribution in [-0.4, -0.2) is 98.1 Å². The lowest BCUT2D eigenvalue weighted by Gasteiger charge is -2.30. The molecule has 1 fully saturated rings. The summed E-state index contributed by atoms with van der Waals surface area (Å²) in [6, 6.07) is 31.7. The molecule has 1 aliphatic heterocycles. The number of benzene rings is 5. The number of tetrazole rings is 1. The fourth-order valence-corrected chi connectivity index (χ4v) is 10.7. The zero-order valence-electron chi connectivity index (χ0n) is 34.1. The van der Waals surface area contributed by atoms with Gasteiger partial charge in [0.25, 0.3) is 0 Å². The Kier molecular flexibility index (Phi) is 12.7. The molecule has 1 amide bonds. The van der Waals surface area contributed by atoms with Gasteiger partial charge in [-0.05, 0) is 105 Å². The predicted molar refractivity (Wildman–Crippen MR) is 228 cm³/mol. The molecule has 1 N–H and O–H groups in total. The van der Waals surface area contributed by atoms with E-state index in [-0.39, 0.29) is 36.9 Å². The third-order valence-electron chi connectivity index (χ3n) is 10.9. The molecule has 0 atom stereocenters. The lowest BCUT2D eigenvalue weighted by atomic mass is 9.88. The molecule has 318 valence electrons. The maximum Gasteiger partial charge on any atom is 0.407 e. The SMILES string of the molecule is COc1ccc(CN(Cc2ccc(OC)cc2)S(=O)(=O)c2c(S(C)(=O)=O)ccc(-c3ccc(C4CCN(C(=O)O)CC4)cc3)c2-c2nnnn2Cc2ccc(OC)cc2)cc1. The minimum atomic E-state index is -4.75. The monoisotopic (exact) mass is 866 g/mol. The van der Waals surface area contributed by atoms with E-state index in [2.05, 4.69) is 15.5 Å². The molecule has 1 aliphatic rings. The summed E-state index contributed by atoms with van der Waals surface area (Å²) >= 11 is 0. The van der Waals surface area contributed by atoms with Crippen LogP contribution in [0.3, 0.4) is 0 Å². The Morgan fingerprint density at radius 1 is 0.721 bits per heavy atom. The molecule has 0 spiro atoms. The van der Waals surface area contributed by atoms with Crippen molar-refractivity contribution in [1.29, 1.82) is 0 Å². The van der Waals surface area contributed by atoms with E-state index >= 15 is 8.42 Å². The quantitative estimate of drug-likeness (QED) is 0.115. The van der Waals surface area contributed by atoms with E-state index in [1.165, 1.54) is 34.2 Å². The highest BCUT2D eigenvalue weighted by Gasteiger charge is 2.37. The van der Waals surface area contributed by atoms with E-state index in [0.717, 1.165) is 17.4 Å². The molecule has 61 heavy (non-hydrogen) atoms. The second kappa shape index (κ2) is 18.1. The van der Waals surface area contributed by atoms with Crippen LogP contribution in [0.4, 0.5) is 4.79 Å². The lowest BCUT2D eigenvalue weighted by Crippen LogP contribution is -2.36. The number of sulfonamides is 1. The maximum atomic E-state index is 15.7. The number of nitrogens with zero attached hydrogens (tertiary/aromatic N) is 6. The van der Waals surface area contributed by atoms with Gasteiger partial charge in [0.2, 0.25) is 10.0 Å². The van der Waals surface area contributed by atoms with Crippen molar-refractivity contribution in [2.45, 2.75) is 48.2 Å². The molecule has 0 radical (unpaired) electrons. The molecule has 0 aliphatic carbocycles. The number of hydrogen-bond donors (Lipinski definition) is 1. The summed E-state index contributed by atoms with van der Waals surface area (Å²) in [7, 11) is -4.33. The van der Waals surface area contributed by atoms with Crippen LogP contribution in [0.5, 0.6) is 17.2 Å². The third kappa shape index (κ3) is 9.53. The fraction of sp³-hybridized carbons (Fsp3) is 0.273. The molecule has 5 aromatic carbocycles. The molecule has 1 saturated heterocycles. The van der Waals surface area contributed by atoms with Crippen molar-refractivity contribution in [2.24, 2.45) is 0 Å². The number of hydrogen-bond acceptors (Lipinski definition) is 11. The number of sulfone groups is 1. The van der Waals surface area contributed by atoms with Crippen molar-refractivity contribution in [3.8, 4) is 39.8 Å². The van der Waals surface area contributed by atoms with Gasteiger partial charge in [0.05, 0.1) is 38.3 Å². The summed E-state index contributed by atoms with van der Waals surface area (Å²) in [5, 5.41) is 22.1. The first-order chi connectivity index (χ1) is 29.3. The number of carboxylic acid groups (broad SMARTS) is 1. The number of rotatable bonds is 15. The number of likely N-dealkylation sites (tertiary alicyclic amines) is 1. The highest BCUT2D eigenvalue weighted by atomic mass is 32.2. The summed E-state index contributed by atoms with van der Waals surface area (Å²) in [6.45, 7) is 0.694. The van der Waals surface area contributed by atoms with Crippen molar-refractivity contribution in [3.63, 3.8) is 0 Å². The van der Waals surface area contributed by atoms with E-state index in [4.69, 9.17) is 14.2 Å². The number of aromatic nitrogens is 4.